The maximum Gasteiger partial charge on any atom is 0.0221 e. The molecule has 0 saturated carbocycles. The monoisotopic (exact) mass is 308 g/mol. The molecule has 0 bridgehead atoms. The van der Waals surface area contributed by atoms with Gasteiger partial charge in [-0.25, -0.2) is 0 Å². The first-order valence-electron chi connectivity index (χ1n) is 6.93. The highest BCUT2D eigenvalue weighted by Crippen LogP contribution is 2.39. The zero-order valence-electron chi connectivity index (χ0n) is 11.6. The third-order valence-electron chi connectivity index (χ3n) is 3.18. The van der Waals surface area contributed by atoms with Crippen LogP contribution in [0.4, 0.5) is 0 Å². The summed E-state index contributed by atoms with van der Waals surface area (Å²) < 4.78 is 0. The van der Waals surface area contributed by atoms with Crippen LogP contribution in [0.3, 0.4) is 0 Å². The number of rotatable bonds is 5. The third-order valence-corrected chi connectivity index (χ3v) is 5.67. The average molecular weight is 308 g/mol. The summed E-state index contributed by atoms with van der Waals surface area (Å²) in [7, 11) is 3.65. The summed E-state index contributed by atoms with van der Waals surface area (Å²) in [5, 5.41) is 0. The Morgan fingerprint density at radius 2 is 1.19 bits per heavy atom. The molecule has 0 aromatic heterocycles. The molecule has 0 N–H and O–H groups in total. The van der Waals surface area contributed by atoms with Crippen LogP contribution in [0, 0.1) is 0 Å². The van der Waals surface area contributed by atoms with Crippen LogP contribution in [0.1, 0.15) is 11.1 Å². The van der Waals surface area contributed by atoms with Gasteiger partial charge in [0.2, 0.25) is 0 Å². The van der Waals surface area contributed by atoms with Crippen molar-refractivity contribution in [2.45, 2.75) is 16.2 Å². The Bertz CT molecular complexity index is 678. The van der Waals surface area contributed by atoms with Gasteiger partial charge in [-0.3, -0.25) is 0 Å². The van der Waals surface area contributed by atoms with Crippen LogP contribution in [-0.4, -0.2) is 0 Å². The van der Waals surface area contributed by atoms with Crippen molar-refractivity contribution in [2.75, 3.05) is 0 Å². The molecule has 2 heteroatoms. The molecule has 21 heavy (non-hydrogen) atoms. The molecule has 0 aliphatic rings. The summed E-state index contributed by atoms with van der Waals surface area (Å²) >= 11 is 0. The van der Waals surface area contributed by atoms with Gasteiger partial charge >= 0.3 is 0 Å². The Kier molecular flexibility index (Phi) is 5.03. The molecule has 0 aliphatic carbocycles. The molecule has 104 valence electrons. The number of hydrogen-bond acceptors (Lipinski definition) is 2. The first-order chi connectivity index (χ1) is 10.4. The second-order valence-corrected chi connectivity index (χ2v) is 6.99. The molecule has 0 nitrogen and oxygen atoms in total. The van der Waals surface area contributed by atoms with E-state index in [0.29, 0.717) is 0 Å². The molecule has 0 aliphatic heterocycles. The molecule has 0 amide bonds. The van der Waals surface area contributed by atoms with E-state index < -0.39 is 0 Å². The van der Waals surface area contributed by atoms with Crippen LogP contribution in [0.5, 0.6) is 0 Å². The normalized spacial score (nSPS) is 10.5. The highest BCUT2D eigenvalue weighted by molar-refractivity contribution is 8.76. The van der Waals surface area contributed by atoms with Gasteiger partial charge in [0, 0.05) is 9.79 Å². The second-order valence-electron chi connectivity index (χ2n) is 4.75. The van der Waals surface area contributed by atoms with Crippen LogP contribution < -0.4 is 0 Å². The minimum absolute atomic E-state index is 0.985. The van der Waals surface area contributed by atoms with E-state index in [9.17, 15) is 0 Å². The molecule has 0 saturated heterocycles. The first kappa shape index (κ1) is 14.3. The SMILES string of the molecule is c1ccc(Cc2ccccc2SSc2ccccc2)cc1. The minimum atomic E-state index is 0.985. The molecule has 0 unspecified atom stereocenters. The maximum atomic E-state index is 2.22. The molecule has 0 fully saturated rings. The average Bonchev–Trinajstić information content (AvgIpc) is 2.56. The lowest BCUT2D eigenvalue weighted by Gasteiger charge is -2.08. The lowest BCUT2D eigenvalue weighted by molar-refractivity contribution is 1.13. The van der Waals surface area contributed by atoms with Gasteiger partial charge in [-0.2, -0.15) is 0 Å². The summed E-state index contributed by atoms with van der Waals surface area (Å²) in [6.45, 7) is 0. The van der Waals surface area contributed by atoms with E-state index in [-0.39, 0.29) is 0 Å². The summed E-state index contributed by atoms with van der Waals surface area (Å²) in [6, 6.07) is 29.8. The highest BCUT2D eigenvalue weighted by atomic mass is 33.1. The van der Waals surface area contributed by atoms with Crippen molar-refractivity contribution in [3.63, 3.8) is 0 Å². The molecule has 3 aromatic carbocycles. The van der Waals surface area contributed by atoms with Gasteiger partial charge < -0.3 is 0 Å². The van der Waals surface area contributed by atoms with E-state index in [4.69, 9.17) is 0 Å². The van der Waals surface area contributed by atoms with Crippen LogP contribution >= 0.6 is 21.6 Å². The molecular formula is C19H16S2. The van der Waals surface area contributed by atoms with E-state index in [1.54, 1.807) is 0 Å². The first-order valence-corrected chi connectivity index (χ1v) is 9.08. The van der Waals surface area contributed by atoms with Crippen molar-refractivity contribution in [2.24, 2.45) is 0 Å². The zero-order valence-corrected chi connectivity index (χ0v) is 13.2. The van der Waals surface area contributed by atoms with Crippen molar-refractivity contribution in [1.29, 1.82) is 0 Å². The quantitative estimate of drug-likeness (QED) is 0.524. The maximum absolute atomic E-state index is 2.22. The van der Waals surface area contributed by atoms with Crippen LogP contribution in [0.2, 0.25) is 0 Å². The van der Waals surface area contributed by atoms with E-state index in [2.05, 4.69) is 84.9 Å². The Morgan fingerprint density at radius 3 is 1.95 bits per heavy atom. The van der Waals surface area contributed by atoms with Crippen LogP contribution in [0.25, 0.3) is 0 Å². The van der Waals surface area contributed by atoms with Crippen molar-refractivity contribution < 1.29 is 0 Å². The van der Waals surface area contributed by atoms with Crippen molar-refractivity contribution >= 4 is 21.6 Å². The van der Waals surface area contributed by atoms with E-state index >= 15 is 0 Å². The summed E-state index contributed by atoms with van der Waals surface area (Å²) in [5.74, 6) is 0. The van der Waals surface area contributed by atoms with Gasteiger partial charge in [0.25, 0.3) is 0 Å². The van der Waals surface area contributed by atoms with E-state index in [1.807, 2.05) is 21.6 Å². The van der Waals surface area contributed by atoms with Crippen molar-refractivity contribution in [3.8, 4) is 0 Å². The lowest BCUT2D eigenvalue weighted by atomic mass is 10.1. The molecule has 3 aromatic rings. The number of hydrogen-bond donors (Lipinski definition) is 0. The third kappa shape index (κ3) is 4.16. The van der Waals surface area contributed by atoms with Gasteiger partial charge in [0.1, 0.15) is 0 Å². The van der Waals surface area contributed by atoms with Crippen molar-refractivity contribution in [3.05, 3.63) is 96.1 Å². The van der Waals surface area contributed by atoms with Gasteiger partial charge in [-0.15, -0.1) is 0 Å². The number of benzene rings is 3. The predicted octanol–water partition coefficient (Wildman–Crippen LogP) is 6.08. The molecule has 0 radical (unpaired) electrons. The van der Waals surface area contributed by atoms with Crippen LogP contribution in [-0.2, 0) is 6.42 Å². The van der Waals surface area contributed by atoms with Gasteiger partial charge in [0.05, 0.1) is 0 Å². The van der Waals surface area contributed by atoms with E-state index in [1.165, 1.54) is 20.9 Å². The fourth-order valence-corrected chi connectivity index (χ4v) is 4.33. The summed E-state index contributed by atoms with van der Waals surface area (Å²) in [4.78, 5) is 2.63. The fraction of sp³-hybridized carbons (Fsp3) is 0.0526. The Balaban J connectivity index is 1.73. The van der Waals surface area contributed by atoms with Gasteiger partial charge in [-0.1, -0.05) is 88.3 Å². The van der Waals surface area contributed by atoms with Crippen molar-refractivity contribution in [1.82, 2.24) is 0 Å². The predicted molar refractivity (Wildman–Crippen MR) is 93.8 cm³/mol. The summed E-state index contributed by atoms with van der Waals surface area (Å²) in [6.07, 6.45) is 0.985. The smallest absolute Gasteiger partial charge is 0.0221 e. The second kappa shape index (κ2) is 7.39. The molecule has 3 rings (SSSR count). The molecule has 0 spiro atoms. The Morgan fingerprint density at radius 1 is 0.571 bits per heavy atom. The van der Waals surface area contributed by atoms with E-state index in [0.717, 1.165) is 6.42 Å². The largest absolute Gasteiger partial charge is 0.0622 e. The van der Waals surface area contributed by atoms with Gasteiger partial charge in [-0.05, 0) is 35.7 Å². The zero-order chi connectivity index (χ0) is 14.3. The van der Waals surface area contributed by atoms with Crippen LogP contribution in [0.15, 0.2) is 94.7 Å². The molecule has 0 atom stereocenters. The Labute approximate surface area is 134 Å². The lowest BCUT2D eigenvalue weighted by Crippen LogP contribution is -1.89. The standard InChI is InChI=1S/C19H16S2/c1-3-9-16(10-4-1)15-17-11-7-8-14-19(17)21-20-18-12-5-2-6-13-18/h1-14H,15H2. The molecule has 0 heterocycles. The summed E-state index contributed by atoms with van der Waals surface area (Å²) in [5.41, 5.74) is 2.74. The topological polar surface area (TPSA) is 0 Å². The minimum Gasteiger partial charge on any atom is -0.0622 e. The Hall–Kier alpha value is -1.64. The highest BCUT2D eigenvalue weighted by Gasteiger charge is 2.04. The van der Waals surface area contributed by atoms with Gasteiger partial charge in [0.15, 0.2) is 0 Å². The fourth-order valence-electron chi connectivity index (χ4n) is 2.12. The molecular weight excluding hydrogens is 292 g/mol.